The van der Waals surface area contributed by atoms with Gasteiger partial charge in [-0.15, -0.1) is 0 Å². The molecule has 0 aromatic heterocycles. The van der Waals surface area contributed by atoms with Crippen molar-refractivity contribution in [3.8, 4) is 0 Å². The summed E-state index contributed by atoms with van der Waals surface area (Å²) in [7, 11) is 0. The van der Waals surface area contributed by atoms with Crippen molar-refractivity contribution < 1.29 is 9.90 Å². The summed E-state index contributed by atoms with van der Waals surface area (Å²) in [4.78, 5) is 12.2. The summed E-state index contributed by atoms with van der Waals surface area (Å²) in [6.45, 7) is 2.00. The molecule has 0 heterocycles. The Labute approximate surface area is 102 Å². The van der Waals surface area contributed by atoms with Crippen molar-refractivity contribution in [2.75, 3.05) is 6.54 Å². The van der Waals surface area contributed by atoms with Crippen LogP contribution < -0.4 is 5.32 Å². The molecule has 0 radical (unpaired) electrons. The number of amides is 1. The monoisotopic (exact) mass is 233 g/mol. The lowest BCUT2D eigenvalue weighted by Crippen LogP contribution is -2.50. The molecule has 2 N–H and O–H groups in total. The van der Waals surface area contributed by atoms with Gasteiger partial charge in [-0.05, 0) is 25.3 Å². The second kappa shape index (κ2) is 4.88. The molecule has 0 saturated heterocycles. The van der Waals surface area contributed by atoms with Crippen LogP contribution in [0.1, 0.15) is 31.7 Å². The molecule has 3 nitrogen and oxygen atoms in total. The van der Waals surface area contributed by atoms with Gasteiger partial charge in [-0.1, -0.05) is 36.8 Å². The summed E-state index contributed by atoms with van der Waals surface area (Å²) in [5, 5.41) is 12.0. The van der Waals surface area contributed by atoms with E-state index < -0.39 is 6.10 Å². The lowest BCUT2D eigenvalue weighted by Gasteiger charge is -2.40. The first-order chi connectivity index (χ1) is 8.15. The van der Waals surface area contributed by atoms with Gasteiger partial charge >= 0.3 is 0 Å². The van der Waals surface area contributed by atoms with Crippen LogP contribution in [0, 0.1) is 0 Å². The van der Waals surface area contributed by atoms with Gasteiger partial charge in [0.2, 0.25) is 5.91 Å². The molecule has 1 unspecified atom stereocenters. The van der Waals surface area contributed by atoms with E-state index >= 15 is 0 Å². The van der Waals surface area contributed by atoms with Crippen LogP contribution in [0.5, 0.6) is 0 Å². The molecule has 1 amide bonds. The fourth-order valence-corrected chi connectivity index (χ4v) is 2.34. The summed E-state index contributed by atoms with van der Waals surface area (Å²) in [5.74, 6) is 0.0517. The largest absolute Gasteiger partial charge is 0.392 e. The first kappa shape index (κ1) is 12.1. The Balaban J connectivity index is 2.12. The molecule has 1 aliphatic carbocycles. The Morgan fingerprint density at radius 2 is 2.06 bits per heavy atom. The van der Waals surface area contributed by atoms with E-state index in [0.717, 1.165) is 24.8 Å². The van der Waals surface area contributed by atoms with E-state index in [1.54, 1.807) is 6.92 Å². The second-order valence-corrected chi connectivity index (χ2v) is 4.86. The highest BCUT2D eigenvalue weighted by Gasteiger charge is 2.45. The number of aliphatic hydroxyl groups excluding tert-OH is 1. The number of hydrogen-bond donors (Lipinski definition) is 2. The van der Waals surface area contributed by atoms with E-state index in [0.29, 0.717) is 6.54 Å². The van der Waals surface area contributed by atoms with Crippen LogP contribution in [0.2, 0.25) is 0 Å². The van der Waals surface area contributed by atoms with Crippen molar-refractivity contribution in [2.24, 2.45) is 0 Å². The maximum atomic E-state index is 12.2. The Kier molecular flexibility index (Phi) is 3.48. The van der Waals surface area contributed by atoms with Crippen LogP contribution >= 0.6 is 0 Å². The highest BCUT2D eigenvalue weighted by molar-refractivity contribution is 5.89. The first-order valence-electron chi connectivity index (χ1n) is 6.17. The fraction of sp³-hybridized carbons (Fsp3) is 0.500. The van der Waals surface area contributed by atoms with E-state index in [1.165, 1.54) is 0 Å². The molecule has 1 aliphatic rings. The predicted octanol–water partition coefficient (Wildman–Crippen LogP) is 1.61. The fourth-order valence-electron chi connectivity index (χ4n) is 2.34. The van der Waals surface area contributed by atoms with Gasteiger partial charge in [-0.2, -0.15) is 0 Å². The number of aliphatic hydroxyl groups is 1. The molecule has 1 aromatic rings. The maximum Gasteiger partial charge on any atom is 0.230 e. The molecule has 2 rings (SSSR count). The standard InChI is InChI=1S/C14H19NO2/c1-11(16)10-15-13(17)14(8-5-9-14)12-6-3-2-4-7-12/h2-4,6-7,11,16H,5,8-10H2,1H3,(H,15,17). The highest BCUT2D eigenvalue weighted by Crippen LogP contribution is 2.43. The number of nitrogens with one attached hydrogen (secondary N) is 1. The van der Waals surface area contributed by atoms with E-state index in [-0.39, 0.29) is 11.3 Å². The summed E-state index contributed by atoms with van der Waals surface area (Å²) < 4.78 is 0. The van der Waals surface area contributed by atoms with Crippen molar-refractivity contribution in [3.63, 3.8) is 0 Å². The Morgan fingerprint density at radius 1 is 1.41 bits per heavy atom. The van der Waals surface area contributed by atoms with Gasteiger partial charge in [0.05, 0.1) is 11.5 Å². The molecule has 1 saturated carbocycles. The molecule has 1 aromatic carbocycles. The van der Waals surface area contributed by atoms with Crippen molar-refractivity contribution in [2.45, 2.75) is 37.7 Å². The van der Waals surface area contributed by atoms with Gasteiger partial charge in [0.15, 0.2) is 0 Å². The Hall–Kier alpha value is -1.35. The lowest BCUT2D eigenvalue weighted by molar-refractivity contribution is -0.130. The first-order valence-corrected chi connectivity index (χ1v) is 6.17. The summed E-state index contributed by atoms with van der Waals surface area (Å²) in [6.07, 6.45) is 2.41. The van der Waals surface area contributed by atoms with Crippen LogP contribution in [0.4, 0.5) is 0 Å². The minimum absolute atomic E-state index is 0.0517. The molecular formula is C14H19NO2. The molecular weight excluding hydrogens is 214 g/mol. The second-order valence-electron chi connectivity index (χ2n) is 4.86. The lowest BCUT2D eigenvalue weighted by atomic mass is 9.64. The molecule has 0 aliphatic heterocycles. The topological polar surface area (TPSA) is 49.3 Å². The Morgan fingerprint density at radius 3 is 2.53 bits per heavy atom. The molecule has 0 bridgehead atoms. The molecule has 1 atom stereocenters. The van der Waals surface area contributed by atoms with E-state index in [1.807, 2.05) is 30.3 Å². The zero-order valence-electron chi connectivity index (χ0n) is 10.1. The minimum atomic E-state index is -0.494. The number of benzene rings is 1. The number of hydrogen-bond acceptors (Lipinski definition) is 2. The van der Waals surface area contributed by atoms with E-state index in [4.69, 9.17) is 0 Å². The summed E-state index contributed by atoms with van der Waals surface area (Å²) in [6, 6.07) is 9.93. The summed E-state index contributed by atoms with van der Waals surface area (Å²) in [5.41, 5.74) is 0.741. The van der Waals surface area contributed by atoms with Crippen molar-refractivity contribution in [3.05, 3.63) is 35.9 Å². The van der Waals surface area contributed by atoms with Crippen LogP contribution in [-0.4, -0.2) is 23.7 Å². The number of carbonyl (C=O) groups excluding carboxylic acids is 1. The van der Waals surface area contributed by atoms with Gasteiger partial charge < -0.3 is 10.4 Å². The normalized spacial score (nSPS) is 19.2. The van der Waals surface area contributed by atoms with Crippen LogP contribution in [0.15, 0.2) is 30.3 Å². The SMILES string of the molecule is CC(O)CNC(=O)C1(c2ccccc2)CCC1. The zero-order valence-corrected chi connectivity index (χ0v) is 10.1. The van der Waals surface area contributed by atoms with Gasteiger partial charge in [-0.25, -0.2) is 0 Å². The Bertz CT molecular complexity index is 382. The third-order valence-electron chi connectivity index (χ3n) is 3.53. The predicted molar refractivity (Wildman–Crippen MR) is 66.7 cm³/mol. The zero-order chi connectivity index (χ0) is 12.3. The van der Waals surface area contributed by atoms with Crippen molar-refractivity contribution in [1.29, 1.82) is 0 Å². The van der Waals surface area contributed by atoms with E-state index in [2.05, 4.69) is 5.32 Å². The number of carbonyl (C=O) groups is 1. The van der Waals surface area contributed by atoms with Gasteiger partial charge in [-0.3, -0.25) is 4.79 Å². The third kappa shape index (κ3) is 2.34. The molecule has 3 heteroatoms. The van der Waals surface area contributed by atoms with Crippen LogP contribution in [-0.2, 0) is 10.2 Å². The average molecular weight is 233 g/mol. The van der Waals surface area contributed by atoms with Gasteiger partial charge in [0, 0.05) is 6.54 Å². The van der Waals surface area contributed by atoms with Crippen LogP contribution in [0.3, 0.4) is 0 Å². The van der Waals surface area contributed by atoms with E-state index in [9.17, 15) is 9.90 Å². The van der Waals surface area contributed by atoms with Gasteiger partial charge in [0.25, 0.3) is 0 Å². The van der Waals surface area contributed by atoms with Gasteiger partial charge in [0.1, 0.15) is 0 Å². The van der Waals surface area contributed by atoms with Crippen molar-refractivity contribution in [1.82, 2.24) is 5.32 Å². The quantitative estimate of drug-likeness (QED) is 0.830. The van der Waals surface area contributed by atoms with Crippen molar-refractivity contribution >= 4 is 5.91 Å². The third-order valence-corrected chi connectivity index (χ3v) is 3.53. The number of rotatable bonds is 4. The molecule has 17 heavy (non-hydrogen) atoms. The maximum absolute atomic E-state index is 12.2. The summed E-state index contributed by atoms with van der Waals surface area (Å²) >= 11 is 0. The molecule has 1 fully saturated rings. The minimum Gasteiger partial charge on any atom is -0.392 e. The van der Waals surface area contributed by atoms with Crippen LogP contribution in [0.25, 0.3) is 0 Å². The molecule has 92 valence electrons. The highest BCUT2D eigenvalue weighted by atomic mass is 16.3. The average Bonchev–Trinajstić information content (AvgIpc) is 2.26. The molecule has 0 spiro atoms. The smallest absolute Gasteiger partial charge is 0.230 e.